The molecule has 0 aliphatic carbocycles. The zero-order chi connectivity index (χ0) is 17.7. The van der Waals surface area contributed by atoms with Gasteiger partial charge in [0.1, 0.15) is 0 Å². The maximum Gasteiger partial charge on any atom is 0.241 e. The number of carbonyl (C=O) groups is 1. The number of hydrogen-bond donors (Lipinski definition) is 2. The second kappa shape index (κ2) is 7.59. The van der Waals surface area contributed by atoms with Crippen LogP contribution in [-0.2, 0) is 21.4 Å². The average Bonchev–Trinajstić information content (AvgIpc) is 2.54. The van der Waals surface area contributed by atoms with Crippen molar-refractivity contribution < 1.29 is 13.2 Å². The Morgan fingerprint density at radius 2 is 1.46 bits per heavy atom. The van der Waals surface area contributed by atoms with Crippen LogP contribution in [0, 0.1) is 13.8 Å². The molecule has 2 rings (SSSR count). The average molecular weight is 346 g/mol. The van der Waals surface area contributed by atoms with Crippen LogP contribution in [0.2, 0.25) is 0 Å². The third-order valence-corrected chi connectivity index (χ3v) is 5.20. The van der Waals surface area contributed by atoms with Crippen molar-refractivity contribution in [2.24, 2.45) is 0 Å². The van der Waals surface area contributed by atoms with Crippen LogP contribution in [0.4, 0.5) is 0 Å². The van der Waals surface area contributed by atoms with Crippen LogP contribution in [0.5, 0.6) is 0 Å². The molecule has 1 unspecified atom stereocenters. The number of benzene rings is 2. The molecule has 2 aromatic rings. The van der Waals surface area contributed by atoms with Crippen molar-refractivity contribution in [3.05, 3.63) is 65.2 Å². The van der Waals surface area contributed by atoms with E-state index in [2.05, 4.69) is 10.0 Å². The fourth-order valence-electron chi connectivity index (χ4n) is 2.12. The molecule has 1 amide bonds. The summed E-state index contributed by atoms with van der Waals surface area (Å²) < 4.78 is 27.0. The number of rotatable bonds is 6. The first-order valence-corrected chi connectivity index (χ1v) is 9.18. The van der Waals surface area contributed by atoms with Gasteiger partial charge in [0.25, 0.3) is 0 Å². The number of nitrogens with one attached hydrogen (secondary N) is 2. The van der Waals surface area contributed by atoms with Crippen LogP contribution in [-0.4, -0.2) is 20.4 Å². The summed E-state index contributed by atoms with van der Waals surface area (Å²) in [5, 5.41) is 2.74. The molecule has 0 heterocycles. The van der Waals surface area contributed by atoms with E-state index in [-0.39, 0.29) is 10.8 Å². The predicted octanol–water partition coefficient (Wildman–Crippen LogP) is 2.29. The third-order valence-electron chi connectivity index (χ3n) is 3.64. The Kier molecular flexibility index (Phi) is 5.75. The number of hydrogen-bond acceptors (Lipinski definition) is 3. The Labute approximate surface area is 143 Å². The molecule has 0 aliphatic rings. The Morgan fingerprint density at radius 1 is 0.958 bits per heavy atom. The van der Waals surface area contributed by atoms with Gasteiger partial charge in [-0.2, -0.15) is 4.72 Å². The lowest BCUT2D eigenvalue weighted by Crippen LogP contribution is -2.44. The SMILES string of the molecule is Cc1ccc(CNC(=O)C(C)NS(=O)(=O)c2ccc(C)cc2)cc1. The molecule has 0 aromatic heterocycles. The number of aryl methyl sites for hydroxylation is 2. The molecular weight excluding hydrogens is 324 g/mol. The minimum atomic E-state index is -3.72. The van der Waals surface area contributed by atoms with Gasteiger partial charge in [-0.3, -0.25) is 4.79 Å². The molecule has 0 saturated carbocycles. The highest BCUT2D eigenvalue weighted by Crippen LogP contribution is 2.10. The van der Waals surface area contributed by atoms with Gasteiger partial charge in [-0.25, -0.2) is 8.42 Å². The molecule has 24 heavy (non-hydrogen) atoms. The molecule has 6 heteroatoms. The Hall–Kier alpha value is -2.18. The molecule has 2 aromatic carbocycles. The zero-order valence-electron chi connectivity index (χ0n) is 14.0. The van der Waals surface area contributed by atoms with Crippen LogP contribution in [0.3, 0.4) is 0 Å². The van der Waals surface area contributed by atoms with Crippen molar-refractivity contribution in [2.45, 2.75) is 38.3 Å². The van der Waals surface area contributed by atoms with Gasteiger partial charge in [0.05, 0.1) is 10.9 Å². The van der Waals surface area contributed by atoms with Crippen molar-refractivity contribution in [1.82, 2.24) is 10.0 Å². The molecule has 0 fully saturated rings. The van der Waals surface area contributed by atoms with Crippen molar-refractivity contribution in [3.8, 4) is 0 Å². The Bertz CT molecular complexity index is 797. The van der Waals surface area contributed by atoms with Crippen LogP contribution in [0.15, 0.2) is 53.4 Å². The molecular formula is C18H22N2O3S. The van der Waals surface area contributed by atoms with E-state index < -0.39 is 16.1 Å². The summed E-state index contributed by atoms with van der Waals surface area (Å²) in [4.78, 5) is 12.3. The van der Waals surface area contributed by atoms with Gasteiger partial charge in [0.15, 0.2) is 0 Å². The van der Waals surface area contributed by atoms with E-state index in [1.165, 1.54) is 19.1 Å². The topological polar surface area (TPSA) is 75.3 Å². The summed E-state index contributed by atoms with van der Waals surface area (Å²) >= 11 is 0. The van der Waals surface area contributed by atoms with Gasteiger partial charge in [0.2, 0.25) is 15.9 Å². The quantitative estimate of drug-likeness (QED) is 0.843. The van der Waals surface area contributed by atoms with Gasteiger partial charge >= 0.3 is 0 Å². The second-order valence-corrected chi connectivity index (χ2v) is 7.57. The standard InChI is InChI=1S/C18H22N2O3S/c1-13-4-8-16(9-5-13)12-19-18(21)15(3)20-24(22,23)17-10-6-14(2)7-11-17/h4-11,15,20H,12H2,1-3H3,(H,19,21). The van der Waals surface area contributed by atoms with Crippen molar-refractivity contribution >= 4 is 15.9 Å². The van der Waals surface area contributed by atoms with E-state index in [9.17, 15) is 13.2 Å². The van der Waals surface area contributed by atoms with Crippen LogP contribution >= 0.6 is 0 Å². The Morgan fingerprint density at radius 3 is 2.00 bits per heavy atom. The molecule has 128 valence electrons. The minimum Gasteiger partial charge on any atom is -0.351 e. The summed E-state index contributed by atoms with van der Waals surface area (Å²) in [7, 11) is -3.72. The van der Waals surface area contributed by atoms with E-state index in [0.29, 0.717) is 6.54 Å². The zero-order valence-corrected chi connectivity index (χ0v) is 14.9. The number of amides is 1. The van der Waals surface area contributed by atoms with Gasteiger partial charge in [-0.15, -0.1) is 0 Å². The van der Waals surface area contributed by atoms with Crippen LogP contribution < -0.4 is 10.0 Å². The van der Waals surface area contributed by atoms with Gasteiger partial charge in [-0.1, -0.05) is 47.5 Å². The summed E-state index contributed by atoms with van der Waals surface area (Å²) in [5.41, 5.74) is 3.07. The van der Waals surface area contributed by atoms with Crippen molar-refractivity contribution in [3.63, 3.8) is 0 Å². The summed E-state index contributed by atoms with van der Waals surface area (Å²) in [6, 6.07) is 13.4. The van der Waals surface area contributed by atoms with Gasteiger partial charge < -0.3 is 5.32 Å². The first-order chi connectivity index (χ1) is 11.3. The van der Waals surface area contributed by atoms with Crippen molar-refractivity contribution in [1.29, 1.82) is 0 Å². The normalized spacial score (nSPS) is 12.6. The van der Waals surface area contributed by atoms with E-state index in [1.54, 1.807) is 12.1 Å². The highest BCUT2D eigenvalue weighted by atomic mass is 32.2. The molecule has 0 bridgehead atoms. The molecule has 0 spiro atoms. The lowest BCUT2D eigenvalue weighted by atomic mass is 10.1. The van der Waals surface area contributed by atoms with E-state index in [4.69, 9.17) is 0 Å². The van der Waals surface area contributed by atoms with Crippen molar-refractivity contribution in [2.75, 3.05) is 0 Å². The molecule has 5 nitrogen and oxygen atoms in total. The maximum atomic E-state index is 12.3. The van der Waals surface area contributed by atoms with E-state index in [0.717, 1.165) is 16.7 Å². The lowest BCUT2D eigenvalue weighted by molar-refractivity contribution is -0.122. The largest absolute Gasteiger partial charge is 0.351 e. The van der Waals surface area contributed by atoms with Gasteiger partial charge in [0, 0.05) is 6.54 Å². The first kappa shape index (κ1) is 18.2. The molecule has 1 atom stereocenters. The van der Waals surface area contributed by atoms with Crippen LogP contribution in [0.1, 0.15) is 23.6 Å². The van der Waals surface area contributed by atoms with Crippen LogP contribution in [0.25, 0.3) is 0 Å². The fourth-order valence-corrected chi connectivity index (χ4v) is 3.32. The van der Waals surface area contributed by atoms with Gasteiger partial charge in [-0.05, 0) is 38.5 Å². The monoisotopic (exact) mass is 346 g/mol. The highest BCUT2D eigenvalue weighted by molar-refractivity contribution is 7.89. The molecule has 0 aliphatic heterocycles. The highest BCUT2D eigenvalue weighted by Gasteiger charge is 2.21. The summed E-state index contributed by atoms with van der Waals surface area (Å²) in [6.45, 7) is 5.75. The fraction of sp³-hybridized carbons (Fsp3) is 0.278. The number of sulfonamides is 1. The molecule has 2 N–H and O–H groups in total. The second-order valence-electron chi connectivity index (χ2n) is 5.86. The predicted molar refractivity (Wildman–Crippen MR) is 94.0 cm³/mol. The first-order valence-electron chi connectivity index (χ1n) is 7.70. The summed E-state index contributed by atoms with van der Waals surface area (Å²) in [6.07, 6.45) is 0. The molecule has 0 saturated heterocycles. The smallest absolute Gasteiger partial charge is 0.241 e. The number of carbonyl (C=O) groups excluding carboxylic acids is 1. The Balaban J connectivity index is 1.95. The minimum absolute atomic E-state index is 0.145. The van der Waals surface area contributed by atoms with E-state index in [1.807, 2.05) is 38.1 Å². The molecule has 0 radical (unpaired) electrons. The third kappa shape index (κ3) is 4.91. The van der Waals surface area contributed by atoms with E-state index >= 15 is 0 Å². The maximum absolute atomic E-state index is 12.3. The lowest BCUT2D eigenvalue weighted by Gasteiger charge is -2.14. The summed E-state index contributed by atoms with van der Waals surface area (Å²) in [5.74, 6) is -0.369.